The second-order valence-electron chi connectivity index (χ2n) is 7.04. The Morgan fingerprint density at radius 1 is 1.07 bits per heavy atom. The minimum atomic E-state index is -0.546. The van der Waals surface area contributed by atoms with Gasteiger partial charge in [-0.15, -0.1) is 0 Å². The highest BCUT2D eigenvalue weighted by molar-refractivity contribution is 6.33. The highest BCUT2D eigenvalue weighted by Crippen LogP contribution is 2.33. The number of rotatable bonds is 3. The van der Waals surface area contributed by atoms with E-state index in [9.17, 15) is 14.0 Å². The summed E-state index contributed by atoms with van der Waals surface area (Å²) in [6, 6.07) is 10.6. The zero-order chi connectivity index (χ0) is 20.4. The average Bonchev–Trinajstić information content (AvgIpc) is 2.72. The van der Waals surface area contributed by atoms with Crippen LogP contribution in [0.15, 0.2) is 51.7 Å². The van der Waals surface area contributed by atoms with Gasteiger partial charge in [0.1, 0.15) is 18.0 Å². The standard InChI is InChI=1S/C22H19ClFNO4/c23-19-11-15(24)5-7-16(19)18-12-21(26)29-20-10-14(4-6-17(18)20)13-28-22(27)25-8-2-1-3-9-25/h4-7,10-12H,1-3,8-9,13H2. The Bertz CT molecular complexity index is 1120. The van der Waals surface area contributed by atoms with E-state index in [1.54, 1.807) is 23.1 Å². The molecule has 1 aromatic heterocycles. The van der Waals surface area contributed by atoms with E-state index in [0.29, 0.717) is 40.7 Å². The fraction of sp³-hybridized carbons (Fsp3) is 0.273. The molecule has 29 heavy (non-hydrogen) atoms. The van der Waals surface area contributed by atoms with E-state index in [1.807, 2.05) is 0 Å². The van der Waals surface area contributed by atoms with Crippen LogP contribution in [0.25, 0.3) is 22.1 Å². The van der Waals surface area contributed by atoms with E-state index in [1.165, 1.54) is 24.3 Å². The lowest BCUT2D eigenvalue weighted by atomic mass is 10.0. The van der Waals surface area contributed by atoms with Crippen LogP contribution in [-0.2, 0) is 11.3 Å². The number of carbonyl (C=O) groups excluding carboxylic acids is 1. The molecule has 3 aromatic rings. The van der Waals surface area contributed by atoms with Crippen molar-refractivity contribution in [3.63, 3.8) is 0 Å². The molecule has 0 N–H and O–H groups in total. The molecule has 5 nitrogen and oxygen atoms in total. The molecule has 0 saturated carbocycles. The molecule has 1 aliphatic heterocycles. The van der Waals surface area contributed by atoms with E-state index in [-0.39, 0.29) is 17.7 Å². The summed E-state index contributed by atoms with van der Waals surface area (Å²) in [4.78, 5) is 25.9. The Balaban J connectivity index is 1.61. The monoisotopic (exact) mass is 415 g/mol. The van der Waals surface area contributed by atoms with Crippen LogP contribution < -0.4 is 5.63 Å². The smallest absolute Gasteiger partial charge is 0.410 e. The summed E-state index contributed by atoms with van der Waals surface area (Å²) in [6.45, 7) is 1.51. The third-order valence-electron chi connectivity index (χ3n) is 5.01. The first-order valence-corrected chi connectivity index (χ1v) is 9.83. The van der Waals surface area contributed by atoms with Gasteiger partial charge in [0.25, 0.3) is 0 Å². The summed E-state index contributed by atoms with van der Waals surface area (Å²) in [7, 11) is 0. The van der Waals surface area contributed by atoms with Crippen molar-refractivity contribution in [2.75, 3.05) is 13.1 Å². The Kier molecular flexibility index (Phi) is 5.53. The molecule has 1 aliphatic rings. The first-order valence-electron chi connectivity index (χ1n) is 9.45. The highest BCUT2D eigenvalue weighted by Gasteiger charge is 2.18. The predicted molar refractivity (Wildman–Crippen MR) is 108 cm³/mol. The Morgan fingerprint density at radius 2 is 1.86 bits per heavy atom. The number of amides is 1. The van der Waals surface area contributed by atoms with Crippen LogP contribution in [0.4, 0.5) is 9.18 Å². The van der Waals surface area contributed by atoms with E-state index < -0.39 is 11.4 Å². The minimum absolute atomic E-state index is 0.0799. The number of benzene rings is 2. The molecule has 0 aliphatic carbocycles. The third-order valence-corrected chi connectivity index (χ3v) is 5.32. The van der Waals surface area contributed by atoms with Gasteiger partial charge in [-0.3, -0.25) is 0 Å². The van der Waals surface area contributed by atoms with E-state index in [0.717, 1.165) is 19.3 Å². The van der Waals surface area contributed by atoms with Crippen LogP contribution in [0.1, 0.15) is 24.8 Å². The number of nitrogens with zero attached hydrogens (tertiary/aromatic N) is 1. The number of fused-ring (bicyclic) bond motifs is 1. The largest absolute Gasteiger partial charge is 0.445 e. The van der Waals surface area contributed by atoms with Crippen molar-refractivity contribution in [2.45, 2.75) is 25.9 Å². The number of likely N-dealkylation sites (tertiary alicyclic amines) is 1. The summed E-state index contributed by atoms with van der Waals surface area (Å²) in [5.41, 5.74) is 1.59. The van der Waals surface area contributed by atoms with Gasteiger partial charge in [0.15, 0.2) is 0 Å². The summed E-state index contributed by atoms with van der Waals surface area (Å²) in [5, 5.41) is 0.862. The molecule has 4 rings (SSSR count). The lowest BCUT2D eigenvalue weighted by Gasteiger charge is -2.25. The maximum atomic E-state index is 13.4. The molecule has 7 heteroatoms. The van der Waals surface area contributed by atoms with Gasteiger partial charge in [-0.2, -0.15) is 0 Å². The first kappa shape index (κ1) is 19.5. The predicted octanol–water partition coefficient (Wildman–Crippen LogP) is 5.38. The molecule has 0 spiro atoms. The molecule has 0 radical (unpaired) electrons. The molecular weight excluding hydrogens is 397 g/mol. The molecule has 1 saturated heterocycles. The molecule has 2 aromatic carbocycles. The lowest BCUT2D eigenvalue weighted by molar-refractivity contribution is 0.0894. The van der Waals surface area contributed by atoms with Gasteiger partial charge < -0.3 is 14.1 Å². The number of hydrogen-bond acceptors (Lipinski definition) is 4. The van der Waals surface area contributed by atoms with Gasteiger partial charge in [0, 0.05) is 35.7 Å². The van der Waals surface area contributed by atoms with Crippen LogP contribution >= 0.6 is 11.6 Å². The van der Waals surface area contributed by atoms with Crippen LogP contribution in [0.3, 0.4) is 0 Å². The fourth-order valence-electron chi connectivity index (χ4n) is 3.54. The first-order chi connectivity index (χ1) is 14.0. The van der Waals surface area contributed by atoms with Gasteiger partial charge >= 0.3 is 11.7 Å². The third kappa shape index (κ3) is 4.27. The average molecular weight is 416 g/mol. The molecular formula is C22H19ClFNO4. The van der Waals surface area contributed by atoms with Crippen LogP contribution in [0.5, 0.6) is 0 Å². The Labute approximate surface area is 171 Å². The van der Waals surface area contributed by atoms with Crippen molar-refractivity contribution in [1.29, 1.82) is 0 Å². The summed E-state index contributed by atoms with van der Waals surface area (Å²) in [6.07, 6.45) is 2.78. The second-order valence-corrected chi connectivity index (χ2v) is 7.44. The molecule has 0 unspecified atom stereocenters. The number of hydrogen-bond donors (Lipinski definition) is 0. The SMILES string of the molecule is O=C(OCc1ccc2c(-c3ccc(F)cc3Cl)cc(=O)oc2c1)N1CCCCC1. The second kappa shape index (κ2) is 8.25. The topological polar surface area (TPSA) is 59.8 Å². The van der Waals surface area contributed by atoms with Gasteiger partial charge in [-0.1, -0.05) is 23.7 Å². The Hall–Kier alpha value is -2.86. The van der Waals surface area contributed by atoms with Crippen molar-refractivity contribution in [3.8, 4) is 11.1 Å². The van der Waals surface area contributed by atoms with Gasteiger partial charge in [0.05, 0.1) is 5.02 Å². The van der Waals surface area contributed by atoms with Crippen molar-refractivity contribution in [3.05, 3.63) is 69.3 Å². The van der Waals surface area contributed by atoms with Crippen LogP contribution in [0.2, 0.25) is 5.02 Å². The highest BCUT2D eigenvalue weighted by atomic mass is 35.5. The zero-order valence-corrected chi connectivity index (χ0v) is 16.4. The van der Waals surface area contributed by atoms with E-state index in [2.05, 4.69) is 0 Å². The van der Waals surface area contributed by atoms with E-state index in [4.69, 9.17) is 20.8 Å². The molecule has 150 valence electrons. The molecule has 1 amide bonds. The van der Waals surface area contributed by atoms with Crippen molar-refractivity contribution in [1.82, 2.24) is 4.90 Å². The number of carbonyl (C=O) groups is 1. The number of piperidine rings is 1. The zero-order valence-electron chi connectivity index (χ0n) is 15.6. The fourth-order valence-corrected chi connectivity index (χ4v) is 3.81. The van der Waals surface area contributed by atoms with Crippen LogP contribution in [-0.4, -0.2) is 24.1 Å². The van der Waals surface area contributed by atoms with Gasteiger partial charge in [-0.05, 0) is 49.1 Å². The van der Waals surface area contributed by atoms with Gasteiger partial charge in [0.2, 0.25) is 0 Å². The summed E-state index contributed by atoms with van der Waals surface area (Å²) in [5.74, 6) is -0.455. The van der Waals surface area contributed by atoms with Crippen molar-refractivity contribution in [2.24, 2.45) is 0 Å². The van der Waals surface area contributed by atoms with Crippen molar-refractivity contribution >= 4 is 28.7 Å². The number of ether oxygens (including phenoxy) is 1. The van der Waals surface area contributed by atoms with Crippen molar-refractivity contribution < 1.29 is 18.3 Å². The number of halogens is 2. The molecule has 1 fully saturated rings. The van der Waals surface area contributed by atoms with Crippen LogP contribution in [0, 0.1) is 5.82 Å². The molecule has 0 bridgehead atoms. The molecule has 2 heterocycles. The lowest BCUT2D eigenvalue weighted by Crippen LogP contribution is -2.35. The quantitative estimate of drug-likeness (QED) is 0.539. The maximum Gasteiger partial charge on any atom is 0.410 e. The molecule has 0 atom stereocenters. The normalized spacial score (nSPS) is 14.2. The maximum absolute atomic E-state index is 13.4. The van der Waals surface area contributed by atoms with E-state index >= 15 is 0 Å². The minimum Gasteiger partial charge on any atom is -0.445 e. The summed E-state index contributed by atoms with van der Waals surface area (Å²) < 4.78 is 24.1. The van der Waals surface area contributed by atoms with Gasteiger partial charge in [-0.25, -0.2) is 14.0 Å². The Morgan fingerprint density at radius 3 is 2.62 bits per heavy atom. The summed E-state index contributed by atoms with van der Waals surface area (Å²) >= 11 is 6.17.